The summed E-state index contributed by atoms with van der Waals surface area (Å²) < 4.78 is 0. The van der Waals surface area contributed by atoms with E-state index in [0.717, 1.165) is 19.3 Å². The predicted octanol–water partition coefficient (Wildman–Crippen LogP) is 4.44. The molecule has 2 rings (SSSR count). The van der Waals surface area contributed by atoms with Gasteiger partial charge in [0.15, 0.2) is 0 Å². The summed E-state index contributed by atoms with van der Waals surface area (Å²) in [7, 11) is 0. The number of hydrogen-bond acceptors (Lipinski definition) is 2. The Morgan fingerprint density at radius 2 is 1.13 bits per heavy atom. The van der Waals surface area contributed by atoms with Gasteiger partial charge in [-0.25, -0.2) is 0 Å². The van der Waals surface area contributed by atoms with Gasteiger partial charge < -0.3 is 9.90 Å². The van der Waals surface area contributed by atoms with E-state index in [0.29, 0.717) is 6.42 Å². The van der Waals surface area contributed by atoms with E-state index >= 15 is 0 Å². The van der Waals surface area contributed by atoms with Crippen molar-refractivity contribution in [3.05, 3.63) is 72.8 Å². The van der Waals surface area contributed by atoms with E-state index in [1.165, 1.54) is 0 Å². The maximum absolute atomic E-state index is 10.3. The SMILES string of the molecule is CCCCC(CC)C(=O)[O-].[HH].[HH].[Sb].c1ccccc1.c1ccccc1. The van der Waals surface area contributed by atoms with E-state index in [2.05, 4.69) is 6.92 Å². The number of carbonyl (C=O) groups excluding carboxylic acids is 1. The first kappa shape index (κ1) is 24.0. The van der Waals surface area contributed by atoms with Gasteiger partial charge in [-0.05, 0) is 18.8 Å². The molecule has 0 saturated carbocycles. The zero-order chi connectivity index (χ0) is 16.5. The fourth-order valence-corrected chi connectivity index (χ4v) is 1.71. The van der Waals surface area contributed by atoms with E-state index < -0.39 is 5.97 Å². The smallest absolute Gasteiger partial charge is 0.0445 e. The summed E-state index contributed by atoms with van der Waals surface area (Å²) in [5.74, 6) is -1.11. The van der Waals surface area contributed by atoms with Crippen LogP contribution in [0.15, 0.2) is 72.8 Å². The Kier molecular flexibility index (Phi) is 19.6. The molecule has 3 heteroatoms. The topological polar surface area (TPSA) is 40.1 Å². The monoisotopic (exact) mass is 424 g/mol. The molecule has 0 aliphatic rings. The van der Waals surface area contributed by atoms with Gasteiger partial charge in [0, 0.05) is 33.3 Å². The van der Waals surface area contributed by atoms with Crippen LogP contribution in [0.25, 0.3) is 0 Å². The van der Waals surface area contributed by atoms with Crippen LogP contribution in [0.3, 0.4) is 0 Å². The second-order valence-electron chi connectivity index (χ2n) is 4.88. The van der Waals surface area contributed by atoms with Crippen LogP contribution in [0, 0.1) is 5.92 Å². The van der Waals surface area contributed by atoms with E-state index in [-0.39, 0.29) is 33.2 Å². The first-order chi connectivity index (χ1) is 10.7. The first-order valence-electron chi connectivity index (χ1n) is 7.93. The third kappa shape index (κ3) is 16.9. The van der Waals surface area contributed by atoms with Crippen molar-refractivity contribution < 1.29 is 12.8 Å². The molecule has 0 aliphatic heterocycles. The number of hydrogen-bond donors (Lipinski definition) is 0. The maximum atomic E-state index is 10.3. The van der Waals surface area contributed by atoms with E-state index in [1.54, 1.807) is 0 Å². The van der Waals surface area contributed by atoms with Gasteiger partial charge in [-0.1, -0.05) is 99.5 Å². The number of benzene rings is 2. The Morgan fingerprint density at radius 3 is 1.30 bits per heavy atom. The third-order valence-electron chi connectivity index (χ3n) is 3.07. The average molecular weight is 425 g/mol. The van der Waals surface area contributed by atoms with Gasteiger partial charge in [-0.3, -0.25) is 0 Å². The van der Waals surface area contributed by atoms with Crippen molar-refractivity contribution in [2.75, 3.05) is 0 Å². The molecule has 1 unspecified atom stereocenters. The van der Waals surface area contributed by atoms with Crippen molar-refractivity contribution in [3.63, 3.8) is 0 Å². The minimum Gasteiger partial charge on any atom is -0.550 e. The molecule has 3 radical (unpaired) electrons. The molecule has 0 fully saturated rings. The van der Waals surface area contributed by atoms with Crippen LogP contribution in [0.1, 0.15) is 42.4 Å². The maximum Gasteiger partial charge on any atom is 0.0445 e. The third-order valence-corrected chi connectivity index (χ3v) is 3.07. The zero-order valence-electron chi connectivity index (χ0n) is 14.1. The van der Waals surface area contributed by atoms with E-state index in [1.807, 2.05) is 79.7 Å². The van der Waals surface area contributed by atoms with Crippen LogP contribution in [-0.4, -0.2) is 30.4 Å². The molecule has 0 heterocycles. The van der Waals surface area contributed by atoms with Gasteiger partial charge in [0.1, 0.15) is 0 Å². The fraction of sp³-hybridized carbons (Fsp3) is 0.350. The van der Waals surface area contributed by atoms with Gasteiger partial charge in [0.25, 0.3) is 0 Å². The average Bonchev–Trinajstić information content (AvgIpc) is 2.59. The first-order valence-corrected chi connectivity index (χ1v) is 7.93. The van der Waals surface area contributed by atoms with Crippen molar-refractivity contribution in [2.45, 2.75) is 39.5 Å². The number of aliphatic carboxylic acids is 1. The molecular formula is C20H31O2Sb-. The number of rotatable bonds is 5. The van der Waals surface area contributed by atoms with Gasteiger partial charge in [-0.15, -0.1) is 0 Å². The molecule has 0 spiro atoms. The molecule has 0 aliphatic carbocycles. The Balaban J connectivity index is -0.000000129. The Hall–Kier alpha value is -1.27. The summed E-state index contributed by atoms with van der Waals surface area (Å²) >= 11 is 0. The second kappa shape index (κ2) is 18.8. The van der Waals surface area contributed by atoms with Crippen molar-refractivity contribution in [3.8, 4) is 0 Å². The summed E-state index contributed by atoms with van der Waals surface area (Å²) in [6, 6.07) is 24.0. The van der Waals surface area contributed by atoms with Crippen molar-refractivity contribution in [1.29, 1.82) is 0 Å². The second-order valence-corrected chi connectivity index (χ2v) is 4.88. The molecule has 129 valence electrons. The van der Waals surface area contributed by atoms with E-state index in [9.17, 15) is 9.90 Å². The molecule has 2 aromatic rings. The zero-order valence-corrected chi connectivity index (χ0v) is 16.7. The standard InChI is InChI=1S/C8H16O2.2C6H6.Sb.2H2/c1-3-5-6-7(4-2)8(9)10;2*1-2-4-6-5-3-1;;;/h7H,3-6H2,1-2H3,(H,9,10);2*1-6H;;2*1H/p-1. The van der Waals surface area contributed by atoms with Crippen LogP contribution in [0.5, 0.6) is 0 Å². The summed E-state index contributed by atoms with van der Waals surface area (Å²) in [5, 5.41) is 10.3. The predicted molar refractivity (Wildman–Crippen MR) is 101 cm³/mol. The largest absolute Gasteiger partial charge is 0.550 e. The summed E-state index contributed by atoms with van der Waals surface area (Å²) in [4.78, 5) is 10.3. The Morgan fingerprint density at radius 1 is 0.826 bits per heavy atom. The van der Waals surface area contributed by atoms with Crippen LogP contribution in [0.2, 0.25) is 0 Å². The Bertz CT molecular complexity index is 371. The van der Waals surface area contributed by atoms with Gasteiger partial charge >= 0.3 is 0 Å². The molecule has 2 aromatic carbocycles. The summed E-state index contributed by atoms with van der Waals surface area (Å²) in [6.45, 7) is 3.94. The molecule has 0 aromatic heterocycles. The quantitative estimate of drug-likeness (QED) is 0.665. The number of unbranched alkanes of at least 4 members (excludes halogenated alkanes) is 1. The van der Waals surface area contributed by atoms with Crippen molar-refractivity contribution in [1.82, 2.24) is 0 Å². The van der Waals surface area contributed by atoms with Crippen molar-refractivity contribution in [2.24, 2.45) is 5.92 Å². The molecule has 0 amide bonds. The summed E-state index contributed by atoms with van der Waals surface area (Å²) in [5.41, 5.74) is 0. The van der Waals surface area contributed by atoms with Gasteiger partial charge in [0.05, 0.1) is 0 Å². The molecule has 1 atom stereocenters. The molecule has 23 heavy (non-hydrogen) atoms. The minimum atomic E-state index is -0.893. The number of carboxylic acid groups (broad SMARTS) is 1. The van der Waals surface area contributed by atoms with Crippen LogP contribution < -0.4 is 5.11 Å². The molecule has 2 nitrogen and oxygen atoms in total. The number of carbonyl (C=O) groups is 1. The fourth-order valence-electron chi connectivity index (χ4n) is 1.71. The van der Waals surface area contributed by atoms with Crippen molar-refractivity contribution >= 4 is 30.4 Å². The van der Waals surface area contributed by atoms with Crippen LogP contribution in [0.4, 0.5) is 0 Å². The minimum absolute atomic E-state index is 0. The Labute approximate surface area is 161 Å². The molecule has 0 saturated heterocycles. The molecule has 0 bridgehead atoms. The van der Waals surface area contributed by atoms with Crippen LogP contribution >= 0.6 is 0 Å². The normalized spacial score (nSPS) is 9.83. The van der Waals surface area contributed by atoms with E-state index in [4.69, 9.17) is 0 Å². The summed E-state index contributed by atoms with van der Waals surface area (Å²) in [6.07, 6.45) is 3.52. The van der Waals surface area contributed by atoms with Gasteiger partial charge in [0.2, 0.25) is 0 Å². The molecular weight excluding hydrogens is 394 g/mol. The van der Waals surface area contributed by atoms with Gasteiger partial charge in [-0.2, -0.15) is 0 Å². The number of carboxylic acids is 1. The molecule has 0 N–H and O–H groups in total. The van der Waals surface area contributed by atoms with Crippen LogP contribution in [-0.2, 0) is 4.79 Å².